The number of piperidine rings is 1. The van der Waals surface area contributed by atoms with Gasteiger partial charge in [0, 0.05) is 30.5 Å². The number of aryl methyl sites for hydroxylation is 2. The minimum Gasteiger partial charge on any atom is -0.352 e. The molecule has 1 aromatic carbocycles. The maximum Gasteiger partial charge on any atom is 0.238 e. The fourth-order valence-electron chi connectivity index (χ4n) is 3.41. The number of rotatable bonds is 6. The Labute approximate surface area is 166 Å². The van der Waals surface area contributed by atoms with Crippen LogP contribution in [0.1, 0.15) is 29.5 Å². The molecule has 2 N–H and O–H groups in total. The predicted molar refractivity (Wildman–Crippen MR) is 110 cm³/mol. The minimum absolute atomic E-state index is 0.0103. The van der Waals surface area contributed by atoms with E-state index in [0.717, 1.165) is 42.7 Å². The van der Waals surface area contributed by atoms with Crippen molar-refractivity contribution in [2.24, 2.45) is 5.92 Å². The zero-order valence-electron chi connectivity index (χ0n) is 16.6. The lowest BCUT2D eigenvalue weighted by atomic mass is 9.96. The summed E-state index contributed by atoms with van der Waals surface area (Å²) in [5, 5.41) is 5.97. The Morgan fingerprint density at radius 3 is 2.46 bits per heavy atom. The molecule has 1 aliphatic rings. The molecular formula is C22H28N4O2. The van der Waals surface area contributed by atoms with Crippen LogP contribution in [0.3, 0.4) is 0 Å². The van der Waals surface area contributed by atoms with Crippen LogP contribution < -0.4 is 10.6 Å². The Kier molecular flexibility index (Phi) is 6.76. The van der Waals surface area contributed by atoms with Gasteiger partial charge in [-0.2, -0.15) is 0 Å². The molecule has 1 saturated heterocycles. The standard InChI is InChI=1S/C22H28N4O2/c1-16-3-4-20(13-17(16)2)25-21(27)15-26-11-7-19(8-12-26)22(28)24-14-18-5-9-23-10-6-18/h3-6,9-10,13,19H,7-8,11-12,14-15H2,1-2H3,(H,24,28)(H,25,27). The highest BCUT2D eigenvalue weighted by atomic mass is 16.2. The number of carbonyl (C=O) groups is 2. The number of hydrogen-bond donors (Lipinski definition) is 2. The summed E-state index contributed by atoms with van der Waals surface area (Å²) in [6.07, 6.45) is 5.00. The second-order valence-electron chi connectivity index (χ2n) is 7.47. The van der Waals surface area contributed by atoms with E-state index in [9.17, 15) is 9.59 Å². The summed E-state index contributed by atoms with van der Waals surface area (Å²) < 4.78 is 0. The molecule has 1 aliphatic heterocycles. The average Bonchev–Trinajstić information content (AvgIpc) is 2.70. The molecule has 6 heteroatoms. The third-order valence-electron chi connectivity index (χ3n) is 5.33. The number of aromatic nitrogens is 1. The van der Waals surface area contributed by atoms with Crippen molar-refractivity contribution in [3.63, 3.8) is 0 Å². The van der Waals surface area contributed by atoms with Gasteiger partial charge in [0.2, 0.25) is 11.8 Å². The molecule has 2 amide bonds. The van der Waals surface area contributed by atoms with Gasteiger partial charge in [0.15, 0.2) is 0 Å². The molecule has 2 heterocycles. The molecule has 3 rings (SSSR count). The first-order valence-corrected chi connectivity index (χ1v) is 9.77. The second kappa shape index (κ2) is 9.46. The molecule has 0 atom stereocenters. The normalized spacial score (nSPS) is 15.2. The van der Waals surface area contributed by atoms with Crippen molar-refractivity contribution < 1.29 is 9.59 Å². The first-order chi connectivity index (χ1) is 13.5. The Hall–Kier alpha value is -2.73. The van der Waals surface area contributed by atoms with Gasteiger partial charge in [-0.15, -0.1) is 0 Å². The number of amides is 2. The van der Waals surface area contributed by atoms with Crippen molar-refractivity contribution >= 4 is 17.5 Å². The summed E-state index contributed by atoms with van der Waals surface area (Å²) in [5.74, 6) is 0.0979. The number of likely N-dealkylation sites (tertiary alicyclic amines) is 1. The second-order valence-corrected chi connectivity index (χ2v) is 7.47. The molecule has 0 radical (unpaired) electrons. The van der Waals surface area contributed by atoms with E-state index < -0.39 is 0 Å². The number of benzene rings is 1. The molecule has 0 bridgehead atoms. The highest BCUT2D eigenvalue weighted by Crippen LogP contribution is 2.18. The van der Waals surface area contributed by atoms with Crippen LogP contribution in [0.4, 0.5) is 5.69 Å². The van der Waals surface area contributed by atoms with Gasteiger partial charge >= 0.3 is 0 Å². The Bertz CT molecular complexity index is 815. The topological polar surface area (TPSA) is 74.3 Å². The number of carbonyl (C=O) groups excluding carboxylic acids is 2. The van der Waals surface area contributed by atoms with E-state index in [0.29, 0.717) is 13.1 Å². The lowest BCUT2D eigenvalue weighted by Gasteiger charge is -2.30. The molecule has 28 heavy (non-hydrogen) atoms. The summed E-state index contributed by atoms with van der Waals surface area (Å²) in [6.45, 7) is 6.49. The van der Waals surface area contributed by atoms with E-state index in [4.69, 9.17) is 0 Å². The van der Waals surface area contributed by atoms with Crippen molar-refractivity contribution in [3.8, 4) is 0 Å². The Balaban J connectivity index is 1.40. The fraction of sp³-hybridized carbons (Fsp3) is 0.409. The third-order valence-corrected chi connectivity index (χ3v) is 5.33. The van der Waals surface area contributed by atoms with Crippen LogP contribution in [0, 0.1) is 19.8 Å². The molecule has 2 aromatic rings. The summed E-state index contributed by atoms with van der Waals surface area (Å²) in [4.78, 5) is 30.8. The molecule has 0 aliphatic carbocycles. The van der Waals surface area contributed by atoms with Crippen molar-refractivity contribution in [2.45, 2.75) is 33.2 Å². The van der Waals surface area contributed by atoms with E-state index in [1.165, 1.54) is 5.56 Å². The average molecular weight is 380 g/mol. The van der Waals surface area contributed by atoms with Gasteiger partial charge in [-0.25, -0.2) is 0 Å². The van der Waals surface area contributed by atoms with Gasteiger partial charge in [-0.3, -0.25) is 19.5 Å². The lowest BCUT2D eigenvalue weighted by molar-refractivity contribution is -0.126. The van der Waals surface area contributed by atoms with Crippen molar-refractivity contribution in [1.29, 1.82) is 0 Å². The van der Waals surface area contributed by atoms with Gasteiger partial charge in [0.1, 0.15) is 0 Å². The molecule has 148 valence electrons. The zero-order valence-corrected chi connectivity index (χ0v) is 16.6. The first kappa shape index (κ1) is 20.0. The van der Waals surface area contributed by atoms with Crippen molar-refractivity contribution in [2.75, 3.05) is 25.0 Å². The van der Waals surface area contributed by atoms with E-state index in [1.54, 1.807) is 12.4 Å². The van der Waals surface area contributed by atoms with Crippen molar-refractivity contribution in [3.05, 3.63) is 59.4 Å². The summed E-state index contributed by atoms with van der Waals surface area (Å²) in [7, 11) is 0. The maximum absolute atomic E-state index is 12.4. The SMILES string of the molecule is Cc1ccc(NC(=O)CN2CCC(C(=O)NCc3ccncc3)CC2)cc1C. The smallest absolute Gasteiger partial charge is 0.238 e. The quantitative estimate of drug-likeness (QED) is 0.808. The van der Waals surface area contributed by atoms with Gasteiger partial charge in [0.05, 0.1) is 6.54 Å². The van der Waals surface area contributed by atoms with Gasteiger partial charge in [-0.1, -0.05) is 6.07 Å². The zero-order chi connectivity index (χ0) is 19.9. The van der Waals surface area contributed by atoms with Crippen LogP contribution in [0.15, 0.2) is 42.7 Å². The van der Waals surface area contributed by atoms with Crippen LogP contribution in [0.5, 0.6) is 0 Å². The number of anilines is 1. The summed E-state index contributed by atoms with van der Waals surface area (Å²) >= 11 is 0. The largest absolute Gasteiger partial charge is 0.352 e. The van der Waals surface area contributed by atoms with E-state index in [2.05, 4.69) is 27.4 Å². The first-order valence-electron chi connectivity index (χ1n) is 9.77. The van der Waals surface area contributed by atoms with E-state index in [1.807, 2.05) is 37.3 Å². The third kappa shape index (κ3) is 5.63. The van der Waals surface area contributed by atoms with Crippen LogP contribution in [0.2, 0.25) is 0 Å². The van der Waals surface area contributed by atoms with Gasteiger partial charge < -0.3 is 10.6 Å². The molecular weight excluding hydrogens is 352 g/mol. The van der Waals surface area contributed by atoms with Crippen molar-refractivity contribution in [1.82, 2.24) is 15.2 Å². The highest BCUT2D eigenvalue weighted by Gasteiger charge is 2.25. The molecule has 0 spiro atoms. The Morgan fingerprint density at radius 2 is 1.79 bits per heavy atom. The van der Waals surface area contributed by atoms with Crippen LogP contribution in [-0.2, 0) is 16.1 Å². The summed E-state index contributed by atoms with van der Waals surface area (Å²) in [5.41, 5.74) is 4.25. The van der Waals surface area contributed by atoms with Crippen LogP contribution in [0.25, 0.3) is 0 Å². The minimum atomic E-state index is -0.0103. The Morgan fingerprint density at radius 1 is 1.07 bits per heavy atom. The lowest BCUT2D eigenvalue weighted by Crippen LogP contribution is -2.43. The number of nitrogens with zero attached hydrogens (tertiary/aromatic N) is 2. The molecule has 1 aromatic heterocycles. The predicted octanol–water partition coefficient (Wildman–Crippen LogP) is 2.67. The van der Waals surface area contributed by atoms with E-state index in [-0.39, 0.29) is 17.7 Å². The van der Waals surface area contributed by atoms with Gasteiger partial charge in [0.25, 0.3) is 0 Å². The van der Waals surface area contributed by atoms with Gasteiger partial charge in [-0.05, 0) is 80.7 Å². The number of nitrogens with one attached hydrogen (secondary N) is 2. The fourth-order valence-corrected chi connectivity index (χ4v) is 3.41. The molecule has 1 fully saturated rings. The number of pyridine rings is 1. The van der Waals surface area contributed by atoms with E-state index >= 15 is 0 Å². The van der Waals surface area contributed by atoms with Crippen LogP contribution >= 0.6 is 0 Å². The van der Waals surface area contributed by atoms with Crippen LogP contribution in [-0.4, -0.2) is 41.3 Å². The summed E-state index contributed by atoms with van der Waals surface area (Å²) in [6, 6.07) is 9.74. The monoisotopic (exact) mass is 380 g/mol. The highest BCUT2D eigenvalue weighted by molar-refractivity contribution is 5.92. The maximum atomic E-state index is 12.4. The molecule has 0 unspecified atom stereocenters. The number of hydrogen-bond acceptors (Lipinski definition) is 4. The molecule has 6 nitrogen and oxygen atoms in total. The molecule has 0 saturated carbocycles.